The van der Waals surface area contributed by atoms with E-state index in [0.29, 0.717) is 6.42 Å². The monoisotopic (exact) mass is 329 g/mol. The third kappa shape index (κ3) is 8.90. The van der Waals surface area contributed by atoms with Gasteiger partial charge in [0.15, 0.2) is 0 Å². The van der Waals surface area contributed by atoms with Gasteiger partial charge in [-0.25, -0.2) is 5.10 Å². The number of carboxylic acids is 1. The molecule has 0 fully saturated rings. The number of carbonyl (C=O) groups is 1. The van der Waals surface area contributed by atoms with E-state index >= 15 is 0 Å². The summed E-state index contributed by atoms with van der Waals surface area (Å²) in [6, 6.07) is 13.4. The Morgan fingerprint density at radius 3 is 2.17 bits per heavy atom. The molecule has 3 rings (SSSR count). The van der Waals surface area contributed by atoms with Crippen LogP contribution < -0.4 is 11.3 Å². The maximum absolute atomic E-state index is 10.4. The van der Waals surface area contributed by atoms with Gasteiger partial charge in [0.05, 0.1) is 0 Å². The number of aromatic nitrogens is 4. The molecule has 0 saturated carbocycles. The largest absolute Gasteiger partial charge is 0.480 e. The fraction of sp³-hybridized carbons (Fsp3) is 0.125. The first-order valence-electron chi connectivity index (χ1n) is 7.05. The van der Waals surface area contributed by atoms with Crippen molar-refractivity contribution in [3.05, 3.63) is 83.0 Å². The molecule has 8 heteroatoms. The van der Waals surface area contributed by atoms with E-state index in [9.17, 15) is 9.59 Å². The van der Waals surface area contributed by atoms with Crippen molar-refractivity contribution in [2.45, 2.75) is 12.5 Å². The second-order valence-corrected chi connectivity index (χ2v) is 4.51. The Morgan fingerprint density at radius 1 is 1.08 bits per heavy atom. The number of nitrogens with two attached hydrogens (primary N) is 1. The van der Waals surface area contributed by atoms with Gasteiger partial charge in [0.2, 0.25) is 0 Å². The van der Waals surface area contributed by atoms with Gasteiger partial charge >= 0.3 is 5.97 Å². The van der Waals surface area contributed by atoms with Crippen LogP contribution in [0.25, 0.3) is 0 Å². The van der Waals surface area contributed by atoms with Crippen LogP contribution >= 0.6 is 0 Å². The maximum Gasteiger partial charge on any atom is 0.320 e. The second-order valence-electron chi connectivity index (χ2n) is 4.51. The second kappa shape index (κ2) is 11.3. The van der Waals surface area contributed by atoms with Crippen LogP contribution in [0.4, 0.5) is 0 Å². The fourth-order valence-corrected chi connectivity index (χ4v) is 1.48. The number of carboxylic acid groups (broad SMARTS) is 1. The minimum Gasteiger partial charge on any atom is -0.480 e. The quantitative estimate of drug-likeness (QED) is 0.561. The third-order valence-electron chi connectivity index (χ3n) is 2.60. The number of nitrogens with one attached hydrogen (secondary N) is 2. The van der Waals surface area contributed by atoms with E-state index in [1.165, 1.54) is 12.3 Å². The van der Waals surface area contributed by atoms with Gasteiger partial charge in [0.25, 0.3) is 5.56 Å². The van der Waals surface area contributed by atoms with Crippen molar-refractivity contribution in [1.82, 2.24) is 20.4 Å². The van der Waals surface area contributed by atoms with Crippen LogP contribution in [-0.4, -0.2) is 37.5 Å². The van der Waals surface area contributed by atoms with E-state index in [1.807, 2.05) is 36.4 Å². The van der Waals surface area contributed by atoms with Crippen molar-refractivity contribution in [2.75, 3.05) is 0 Å². The van der Waals surface area contributed by atoms with Crippen LogP contribution in [0, 0.1) is 0 Å². The summed E-state index contributed by atoms with van der Waals surface area (Å²) in [7, 11) is 0. The Kier molecular flexibility index (Phi) is 8.87. The highest BCUT2D eigenvalue weighted by atomic mass is 16.4. The van der Waals surface area contributed by atoms with Gasteiger partial charge in [-0.3, -0.25) is 14.7 Å². The Hall–Kier alpha value is -3.26. The van der Waals surface area contributed by atoms with E-state index < -0.39 is 12.0 Å². The average Bonchev–Trinajstić information content (AvgIpc) is 3.17. The van der Waals surface area contributed by atoms with E-state index in [-0.39, 0.29) is 5.56 Å². The number of rotatable bonds is 3. The van der Waals surface area contributed by atoms with Crippen molar-refractivity contribution in [3.8, 4) is 0 Å². The molecule has 0 saturated heterocycles. The van der Waals surface area contributed by atoms with Crippen molar-refractivity contribution in [1.29, 1.82) is 0 Å². The highest BCUT2D eigenvalue weighted by molar-refractivity contribution is 5.73. The molecule has 1 atom stereocenters. The lowest BCUT2D eigenvalue weighted by Gasteiger charge is -2.04. The molecule has 0 aliphatic rings. The number of hydrogen-bond acceptors (Lipinski definition) is 5. The van der Waals surface area contributed by atoms with Crippen LogP contribution in [0.5, 0.6) is 0 Å². The van der Waals surface area contributed by atoms with E-state index in [4.69, 9.17) is 10.8 Å². The van der Waals surface area contributed by atoms with Gasteiger partial charge in [0, 0.05) is 24.7 Å². The summed E-state index contributed by atoms with van der Waals surface area (Å²) in [5.41, 5.74) is 6.14. The first-order chi connectivity index (χ1) is 11.6. The molecule has 2 heterocycles. The van der Waals surface area contributed by atoms with E-state index in [0.717, 1.165) is 5.56 Å². The highest BCUT2D eigenvalue weighted by Crippen LogP contribution is 2.01. The Balaban J connectivity index is 0.000000201. The molecule has 0 aliphatic heterocycles. The van der Waals surface area contributed by atoms with Crippen LogP contribution in [0.2, 0.25) is 0 Å². The van der Waals surface area contributed by atoms with Crippen molar-refractivity contribution in [3.63, 3.8) is 0 Å². The number of benzene rings is 1. The minimum atomic E-state index is -0.959. The average molecular weight is 329 g/mol. The van der Waals surface area contributed by atoms with E-state index in [2.05, 4.69) is 20.4 Å². The lowest BCUT2D eigenvalue weighted by atomic mass is 10.1. The fourth-order valence-electron chi connectivity index (χ4n) is 1.48. The van der Waals surface area contributed by atoms with Crippen LogP contribution in [0.3, 0.4) is 0 Å². The summed E-state index contributed by atoms with van der Waals surface area (Å²) in [4.78, 5) is 20.5. The summed E-state index contributed by atoms with van der Waals surface area (Å²) in [6.07, 6.45) is 5.36. The maximum atomic E-state index is 10.4. The number of aliphatic carboxylic acids is 1. The summed E-state index contributed by atoms with van der Waals surface area (Å²) in [5.74, 6) is -0.959. The molecule has 0 radical (unpaired) electrons. The summed E-state index contributed by atoms with van der Waals surface area (Å²) < 4.78 is 0. The predicted molar refractivity (Wildman–Crippen MR) is 89.2 cm³/mol. The van der Waals surface area contributed by atoms with Gasteiger partial charge in [-0.15, -0.1) is 0 Å². The number of hydrogen-bond donors (Lipinski definition) is 4. The zero-order chi connectivity index (χ0) is 17.6. The lowest BCUT2D eigenvalue weighted by molar-refractivity contribution is -0.138. The molecule has 0 amide bonds. The predicted octanol–water partition coefficient (Wildman–Crippen LogP) is 0.821. The normalized spacial score (nSPS) is 10.4. The summed E-state index contributed by atoms with van der Waals surface area (Å²) >= 11 is 0. The molecule has 24 heavy (non-hydrogen) atoms. The standard InChI is InChI=1S/C9H11NO2.C4H4N2O.C3H4N2/c10-8(9(11)12)6-7-4-2-1-3-5-7;7-4-2-1-3-5-6-4;1-2-4-5-3-1/h1-5,8H,6,10H2,(H,11,12);1-3H,(H,6,7);1-3H,(H,4,5). The van der Waals surface area contributed by atoms with Gasteiger partial charge in [-0.05, 0) is 24.1 Å². The number of H-pyrrole nitrogens is 2. The van der Waals surface area contributed by atoms with Crippen molar-refractivity contribution in [2.24, 2.45) is 5.73 Å². The molecule has 0 spiro atoms. The first kappa shape index (κ1) is 18.8. The van der Waals surface area contributed by atoms with Crippen LogP contribution in [-0.2, 0) is 11.2 Å². The van der Waals surface area contributed by atoms with Crippen LogP contribution in [0.1, 0.15) is 5.56 Å². The van der Waals surface area contributed by atoms with Crippen molar-refractivity contribution >= 4 is 5.97 Å². The zero-order valence-corrected chi connectivity index (χ0v) is 12.9. The number of aromatic amines is 2. The Morgan fingerprint density at radius 2 is 1.79 bits per heavy atom. The molecular formula is C16H19N5O3. The smallest absolute Gasteiger partial charge is 0.320 e. The highest BCUT2D eigenvalue weighted by Gasteiger charge is 2.10. The lowest BCUT2D eigenvalue weighted by Crippen LogP contribution is -2.32. The molecule has 1 aromatic carbocycles. The summed E-state index contributed by atoms with van der Waals surface area (Å²) in [6.45, 7) is 0. The molecule has 0 bridgehead atoms. The van der Waals surface area contributed by atoms with Crippen molar-refractivity contribution < 1.29 is 9.90 Å². The van der Waals surface area contributed by atoms with Gasteiger partial charge in [-0.1, -0.05) is 30.3 Å². The molecular weight excluding hydrogens is 310 g/mol. The molecule has 126 valence electrons. The molecule has 2 aromatic heterocycles. The number of nitrogens with zero attached hydrogens (tertiary/aromatic N) is 2. The molecule has 5 N–H and O–H groups in total. The SMILES string of the molecule is NC(Cc1ccccc1)C(=O)O.O=c1cccn[nH]1.c1cn[nH]c1. The molecule has 0 aliphatic carbocycles. The van der Waals surface area contributed by atoms with Gasteiger partial charge in [0.1, 0.15) is 6.04 Å². The molecule has 8 nitrogen and oxygen atoms in total. The van der Waals surface area contributed by atoms with Crippen LogP contribution in [0.15, 0.2) is 71.9 Å². The van der Waals surface area contributed by atoms with Gasteiger partial charge < -0.3 is 10.8 Å². The Labute approximate surface area is 138 Å². The minimum absolute atomic E-state index is 0.164. The van der Waals surface area contributed by atoms with E-state index in [1.54, 1.807) is 18.5 Å². The molecule has 1 unspecified atom stereocenters. The summed E-state index contributed by atoms with van der Waals surface area (Å²) in [5, 5.41) is 20.4. The Bertz CT molecular complexity index is 694. The topological polar surface area (TPSA) is 138 Å². The molecule has 3 aromatic rings. The van der Waals surface area contributed by atoms with Gasteiger partial charge in [-0.2, -0.15) is 10.2 Å². The third-order valence-corrected chi connectivity index (χ3v) is 2.60. The first-order valence-corrected chi connectivity index (χ1v) is 7.05. The zero-order valence-electron chi connectivity index (χ0n) is 12.9.